The van der Waals surface area contributed by atoms with E-state index in [-0.39, 0.29) is 29.8 Å². The average Bonchev–Trinajstić information content (AvgIpc) is 3.13. The molecule has 0 saturated heterocycles. The maximum absolute atomic E-state index is 13.3. The van der Waals surface area contributed by atoms with Gasteiger partial charge < -0.3 is 24.7 Å². The predicted molar refractivity (Wildman–Crippen MR) is 130 cm³/mol. The molecule has 0 saturated carbocycles. The molecule has 0 spiro atoms. The maximum Gasteiger partial charge on any atom is 0.193 e. The number of hydrogen-bond acceptors (Lipinski definition) is 3. The molecule has 0 atom stereocenters. The quantitative estimate of drug-likeness (QED) is 0.276. The first-order valence-electron chi connectivity index (χ1n) is 9.44. The molecule has 0 aliphatic rings. The van der Waals surface area contributed by atoms with E-state index >= 15 is 0 Å². The van der Waals surface area contributed by atoms with Crippen LogP contribution in [0.15, 0.2) is 47.6 Å². The van der Waals surface area contributed by atoms with Crippen LogP contribution in [0.4, 0.5) is 4.39 Å². The SMILES string of the molecule is CN=C(NCCc1c[nH]c2cc(F)ccc12)N(C)Cc1ccc(OC)cc1OC.I. The van der Waals surface area contributed by atoms with Crippen molar-refractivity contribution in [3.05, 3.63) is 59.5 Å². The molecule has 1 heterocycles. The van der Waals surface area contributed by atoms with Crippen LogP contribution in [0.25, 0.3) is 10.9 Å². The molecule has 2 aromatic carbocycles. The molecule has 0 amide bonds. The Hall–Kier alpha value is -2.49. The third-order valence-corrected chi connectivity index (χ3v) is 4.88. The van der Waals surface area contributed by atoms with Crippen molar-refractivity contribution in [3.63, 3.8) is 0 Å². The molecule has 0 radical (unpaired) electrons. The van der Waals surface area contributed by atoms with Crippen molar-refractivity contribution in [2.24, 2.45) is 4.99 Å². The fourth-order valence-corrected chi connectivity index (χ4v) is 3.37. The van der Waals surface area contributed by atoms with Gasteiger partial charge in [-0.25, -0.2) is 4.39 Å². The smallest absolute Gasteiger partial charge is 0.193 e. The number of hydrogen-bond donors (Lipinski definition) is 2. The van der Waals surface area contributed by atoms with E-state index in [1.807, 2.05) is 42.4 Å². The number of guanidine groups is 1. The van der Waals surface area contributed by atoms with Gasteiger partial charge in [0.2, 0.25) is 0 Å². The predicted octanol–water partition coefficient (Wildman–Crippen LogP) is 4.19. The van der Waals surface area contributed by atoms with Crippen LogP contribution in [0.2, 0.25) is 0 Å². The number of rotatable bonds is 7. The second kappa shape index (κ2) is 11.1. The Bertz CT molecular complexity index is 1010. The summed E-state index contributed by atoms with van der Waals surface area (Å²) in [6, 6.07) is 10.6. The van der Waals surface area contributed by atoms with Crippen LogP contribution >= 0.6 is 24.0 Å². The first kappa shape index (κ1) is 23.8. The Morgan fingerprint density at radius 3 is 2.63 bits per heavy atom. The Labute approximate surface area is 193 Å². The lowest BCUT2D eigenvalue weighted by Crippen LogP contribution is -2.39. The van der Waals surface area contributed by atoms with Gasteiger partial charge in [-0.1, -0.05) is 0 Å². The van der Waals surface area contributed by atoms with Crippen molar-refractivity contribution in [3.8, 4) is 11.5 Å². The molecule has 162 valence electrons. The van der Waals surface area contributed by atoms with E-state index in [4.69, 9.17) is 9.47 Å². The Morgan fingerprint density at radius 1 is 1.13 bits per heavy atom. The minimum absolute atomic E-state index is 0. The zero-order valence-electron chi connectivity index (χ0n) is 17.7. The zero-order valence-corrected chi connectivity index (χ0v) is 20.0. The van der Waals surface area contributed by atoms with E-state index in [0.717, 1.165) is 45.9 Å². The summed E-state index contributed by atoms with van der Waals surface area (Å²) in [4.78, 5) is 9.54. The maximum atomic E-state index is 13.3. The first-order valence-corrected chi connectivity index (χ1v) is 9.44. The standard InChI is InChI=1S/C22H27FN4O2.HI/c1-24-22(27(2)14-16-5-7-18(28-3)12-21(16)29-4)25-10-9-15-13-26-20-11-17(23)6-8-19(15)20;/h5-8,11-13,26H,9-10,14H2,1-4H3,(H,24,25);1H. The highest BCUT2D eigenvalue weighted by atomic mass is 127. The van der Waals surface area contributed by atoms with E-state index < -0.39 is 0 Å². The number of nitrogens with one attached hydrogen (secondary N) is 2. The monoisotopic (exact) mass is 526 g/mol. The summed E-state index contributed by atoms with van der Waals surface area (Å²) in [5.41, 5.74) is 2.99. The number of aromatic amines is 1. The highest BCUT2D eigenvalue weighted by molar-refractivity contribution is 14.0. The number of halogens is 2. The molecule has 0 aliphatic carbocycles. The summed E-state index contributed by atoms with van der Waals surface area (Å²) in [5, 5.41) is 4.43. The summed E-state index contributed by atoms with van der Waals surface area (Å²) in [5.74, 6) is 2.08. The first-order chi connectivity index (χ1) is 14.0. The fourth-order valence-electron chi connectivity index (χ4n) is 3.37. The van der Waals surface area contributed by atoms with Crippen LogP contribution in [0.3, 0.4) is 0 Å². The van der Waals surface area contributed by atoms with E-state index in [1.54, 1.807) is 21.3 Å². The van der Waals surface area contributed by atoms with Crippen molar-refractivity contribution in [2.45, 2.75) is 13.0 Å². The molecule has 0 fully saturated rings. The van der Waals surface area contributed by atoms with Gasteiger partial charge in [0.15, 0.2) is 5.96 Å². The molecule has 0 bridgehead atoms. The lowest BCUT2D eigenvalue weighted by atomic mass is 10.1. The van der Waals surface area contributed by atoms with Gasteiger partial charge in [-0.2, -0.15) is 0 Å². The van der Waals surface area contributed by atoms with E-state index in [2.05, 4.69) is 15.3 Å². The van der Waals surface area contributed by atoms with Gasteiger partial charge >= 0.3 is 0 Å². The molecule has 1 aromatic heterocycles. The molecular formula is C22H28FIN4O2. The van der Waals surface area contributed by atoms with Crippen molar-refractivity contribution in [2.75, 3.05) is 34.9 Å². The van der Waals surface area contributed by atoms with Gasteiger partial charge in [-0.05, 0) is 42.3 Å². The minimum Gasteiger partial charge on any atom is -0.497 e. The van der Waals surface area contributed by atoms with Crippen molar-refractivity contribution < 1.29 is 13.9 Å². The fraction of sp³-hybridized carbons (Fsp3) is 0.318. The summed E-state index contributed by atoms with van der Waals surface area (Å²) in [6.45, 7) is 1.35. The van der Waals surface area contributed by atoms with Crippen molar-refractivity contribution in [1.82, 2.24) is 15.2 Å². The number of fused-ring (bicyclic) bond motifs is 1. The molecule has 3 aromatic rings. The van der Waals surface area contributed by atoms with E-state index in [0.29, 0.717) is 13.1 Å². The van der Waals surface area contributed by atoms with Crippen LogP contribution in [0, 0.1) is 5.82 Å². The van der Waals surface area contributed by atoms with Crippen LogP contribution in [0.5, 0.6) is 11.5 Å². The van der Waals surface area contributed by atoms with E-state index in [1.165, 1.54) is 12.1 Å². The third kappa shape index (κ3) is 5.56. The highest BCUT2D eigenvalue weighted by Gasteiger charge is 2.12. The summed E-state index contributed by atoms with van der Waals surface area (Å²) in [6.07, 6.45) is 2.73. The Balaban J connectivity index is 0.00000320. The zero-order chi connectivity index (χ0) is 20.8. The number of H-pyrrole nitrogens is 1. The van der Waals surface area contributed by atoms with E-state index in [9.17, 15) is 4.39 Å². The lowest BCUT2D eigenvalue weighted by molar-refractivity contribution is 0.382. The van der Waals surface area contributed by atoms with Gasteiger partial charge in [-0.15, -0.1) is 24.0 Å². The normalized spacial score (nSPS) is 11.2. The van der Waals surface area contributed by atoms with Crippen LogP contribution in [-0.4, -0.2) is 50.7 Å². The van der Waals surface area contributed by atoms with Gasteiger partial charge in [0, 0.05) is 55.9 Å². The van der Waals surface area contributed by atoms with Crippen LogP contribution in [0.1, 0.15) is 11.1 Å². The number of methoxy groups -OCH3 is 2. The molecule has 30 heavy (non-hydrogen) atoms. The molecule has 3 rings (SSSR count). The number of benzene rings is 2. The van der Waals surface area contributed by atoms with Crippen LogP contribution < -0.4 is 14.8 Å². The second-order valence-corrected chi connectivity index (χ2v) is 6.76. The molecule has 0 unspecified atom stereocenters. The number of aliphatic imine (C=N–C) groups is 1. The Kier molecular flexibility index (Phi) is 8.76. The number of nitrogens with zero attached hydrogens (tertiary/aromatic N) is 2. The van der Waals surface area contributed by atoms with Gasteiger partial charge in [0.25, 0.3) is 0 Å². The molecule has 8 heteroatoms. The molecule has 0 aliphatic heterocycles. The average molecular weight is 526 g/mol. The molecule has 6 nitrogen and oxygen atoms in total. The second-order valence-electron chi connectivity index (χ2n) is 6.76. The summed E-state index contributed by atoms with van der Waals surface area (Å²) < 4.78 is 24.1. The van der Waals surface area contributed by atoms with Crippen molar-refractivity contribution >= 4 is 40.8 Å². The topological polar surface area (TPSA) is 61.9 Å². The summed E-state index contributed by atoms with van der Waals surface area (Å²) in [7, 11) is 7.03. The third-order valence-electron chi connectivity index (χ3n) is 4.88. The van der Waals surface area contributed by atoms with Crippen LogP contribution in [-0.2, 0) is 13.0 Å². The van der Waals surface area contributed by atoms with Gasteiger partial charge in [0.05, 0.1) is 14.2 Å². The van der Waals surface area contributed by atoms with Crippen molar-refractivity contribution in [1.29, 1.82) is 0 Å². The molecule has 2 N–H and O–H groups in total. The van der Waals surface area contributed by atoms with Gasteiger partial charge in [-0.3, -0.25) is 4.99 Å². The molecular weight excluding hydrogens is 498 g/mol. The lowest BCUT2D eigenvalue weighted by Gasteiger charge is -2.23. The minimum atomic E-state index is -0.236. The number of ether oxygens (including phenoxy) is 2. The number of aromatic nitrogens is 1. The Morgan fingerprint density at radius 2 is 1.93 bits per heavy atom. The van der Waals surface area contributed by atoms with Gasteiger partial charge in [0.1, 0.15) is 17.3 Å². The summed E-state index contributed by atoms with van der Waals surface area (Å²) >= 11 is 0. The highest BCUT2D eigenvalue weighted by Crippen LogP contribution is 2.25. The largest absolute Gasteiger partial charge is 0.497 e.